The zero-order valence-corrected chi connectivity index (χ0v) is 20.2. The summed E-state index contributed by atoms with van der Waals surface area (Å²) in [4.78, 5) is 39.1. The molecule has 2 amide bonds. The third-order valence-electron chi connectivity index (χ3n) is 4.56. The normalized spacial score (nSPS) is 14.8. The number of ether oxygens (including phenoxy) is 1. The fourth-order valence-corrected chi connectivity index (χ4v) is 4.72. The second-order valence-electron chi connectivity index (χ2n) is 6.84. The molecule has 0 unspecified atom stereocenters. The molecule has 160 valence electrons. The lowest BCUT2D eigenvalue weighted by Gasteiger charge is -2.12. The van der Waals surface area contributed by atoms with Gasteiger partial charge in [-0.2, -0.15) is 0 Å². The van der Waals surface area contributed by atoms with E-state index in [-0.39, 0.29) is 17.7 Å². The number of hydrogen-bond donors (Lipinski definition) is 0. The van der Waals surface area contributed by atoms with Gasteiger partial charge >= 0.3 is 5.97 Å². The molecule has 0 radical (unpaired) electrons. The van der Waals surface area contributed by atoms with Crippen molar-refractivity contribution in [2.75, 3.05) is 0 Å². The highest BCUT2D eigenvalue weighted by Gasteiger charge is 2.35. The molecular weight excluding hydrogens is 561 g/mol. The summed E-state index contributed by atoms with van der Waals surface area (Å²) in [5.74, 6) is -0.489. The third kappa shape index (κ3) is 5.23. The Morgan fingerprint density at radius 3 is 2.59 bits per heavy atom. The van der Waals surface area contributed by atoms with E-state index in [2.05, 4.69) is 22.6 Å². The van der Waals surface area contributed by atoms with Crippen LogP contribution >= 0.6 is 46.0 Å². The first kappa shape index (κ1) is 22.6. The first-order valence-electron chi connectivity index (χ1n) is 9.47. The van der Waals surface area contributed by atoms with Crippen molar-refractivity contribution in [3.8, 4) is 5.75 Å². The van der Waals surface area contributed by atoms with Crippen LogP contribution in [-0.2, 0) is 11.3 Å². The fraction of sp³-hybridized carbons (Fsp3) is 0.0417. The van der Waals surface area contributed by atoms with Gasteiger partial charge < -0.3 is 4.74 Å². The molecule has 1 aliphatic rings. The number of benzene rings is 3. The summed E-state index contributed by atoms with van der Waals surface area (Å²) >= 11 is 8.95. The Hall–Kier alpha value is -2.62. The van der Waals surface area contributed by atoms with Crippen LogP contribution in [0.2, 0.25) is 5.02 Å². The van der Waals surface area contributed by atoms with E-state index in [1.54, 1.807) is 60.7 Å². The van der Waals surface area contributed by atoms with Crippen LogP contribution in [0.1, 0.15) is 21.5 Å². The summed E-state index contributed by atoms with van der Waals surface area (Å²) < 4.78 is 6.28. The Kier molecular flexibility index (Phi) is 6.98. The first-order chi connectivity index (χ1) is 15.4. The standard InChI is InChI=1S/C24H15ClINO4S/c25-17-7-3-6-16(11-17)14-27-22(28)21(32-24(27)30)13-15-5-4-8-18(12-15)31-23(29)19-9-1-2-10-20(19)26/h1-13H,14H2/b21-13-. The molecule has 0 bridgehead atoms. The van der Waals surface area contributed by atoms with Gasteiger partial charge in [0.05, 0.1) is 17.0 Å². The van der Waals surface area contributed by atoms with Gasteiger partial charge in [-0.1, -0.05) is 48.0 Å². The molecule has 0 spiro atoms. The van der Waals surface area contributed by atoms with Crippen LogP contribution < -0.4 is 4.74 Å². The number of thioether (sulfide) groups is 1. The minimum Gasteiger partial charge on any atom is -0.423 e. The van der Waals surface area contributed by atoms with E-state index in [4.69, 9.17) is 16.3 Å². The lowest BCUT2D eigenvalue weighted by molar-refractivity contribution is -0.123. The van der Waals surface area contributed by atoms with Gasteiger partial charge in [0.25, 0.3) is 11.1 Å². The Morgan fingerprint density at radius 2 is 1.81 bits per heavy atom. The minimum atomic E-state index is -0.464. The molecule has 1 saturated heterocycles. The summed E-state index contributed by atoms with van der Waals surface area (Å²) in [6, 6.07) is 21.0. The van der Waals surface area contributed by atoms with Crippen molar-refractivity contribution in [1.29, 1.82) is 0 Å². The van der Waals surface area contributed by atoms with E-state index >= 15 is 0 Å². The second-order valence-corrected chi connectivity index (χ2v) is 9.43. The number of carbonyl (C=O) groups excluding carboxylic acids is 3. The molecule has 32 heavy (non-hydrogen) atoms. The van der Waals surface area contributed by atoms with Crippen molar-refractivity contribution in [3.63, 3.8) is 0 Å². The number of hydrogen-bond acceptors (Lipinski definition) is 5. The Balaban J connectivity index is 1.50. The highest BCUT2D eigenvalue weighted by molar-refractivity contribution is 14.1. The van der Waals surface area contributed by atoms with E-state index in [1.807, 2.05) is 18.2 Å². The van der Waals surface area contributed by atoms with Crippen LogP contribution in [0, 0.1) is 3.57 Å². The maximum atomic E-state index is 12.8. The van der Waals surface area contributed by atoms with Crippen LogP contribution in [0.4, 0.5) is 4.79 Å². The average Bonchev–Trinajstić information content (AvgIpc) is 3.01. The summed E-state index contributed by atoms with van der Waals surface area (Å²) in [6.07, 6.45) is 1.62. The van der Waals surface area contributed by atoms with Crippen molar-refractivity contribution in [2.24, 2.45) is 0 Å². The molecule has 3 aromatic rings. The molecule has 1 fully saturated rings. The van der Waals surface area contributed by atoms with Crippen molar-refractivity contribution in [3.05, 3.63) is 103 Å². The minimum absolute atomic E-state index is 0.149. The lowest BCUT2D eigenvalue weighted by Crippen LogP contribution is -2.27. The quantitative estimate of drug-likeness (QED) is 0.152. The SMILES string of the molecule is O=C(Oc1cccc(/C=C2\SC(=O)N(Cc3cccc(Cl)c3)C2=O)c1)c1ccccc1I. The number of rotatable bonds is 5. The van der Waals surface area contributed by atoms with Crippen LogP contribution in [0.5, 0.6) is 5.75 Å². The van der Waals surface area contributed by atoms with E-state index in [9.17, 15) is 14.4 Å². The summed E-state index contributed by atoms with van der Waals surface area (Å²) in [5.41, 5.74) is 1.89. The predicted molar refractivity (Wildman–Crippen MR) is 134 cm³/mol. The molecular formula is C24H15ClINO4S. The van der Waals surface area contributed by atoms with Gasteiger partial charge in [-0.3, -0.25) is 14.5 Å². The molecule has 0 atom stereocenters. The zero-order chi connectivity index (χ0) is 22.7. The maximum Gasteiger partial charge on any atom is 0.344 e. The molecule has 0 aromatic heterocycles. The molecule has 3 aromatic carbocycles. The maximum absolute atomic E-state index is 12.8. The highest BCUT2D eigenvalue weighted by Crippen LogP contribution is 2.34. The second kappa shape index (κ2) is 9.89. The monoisotopic (exact) mass is 575 g/mol. The van der Waals surface area contributed by atoms with Gasteiger partial charge in [-0.25, -0.2) is 4.79 Å². The number of nitrogens with zero attached hydrogens (tertiary/aromatic N) is 1. The van der Waals surface area contributed by atoms with Gasteiger partial charge in [0.1, 0.15) is 5.75 Å². The molecule has 0 aliphatic carbocycles. The third-order valence-corrected chi connectivity index (χ3v) is 6.65. The molecule has 0 saturated carbocycles. The van der Waals surface area contributed by atoms with Gasteiger partial charge in [-0.05, 0) is 88.0 Å². The van der Waals surface area contributed by atoms with Crippen LogP contribution in [0.25, 0.3) is 6.08 Å². The zero-order valence-electron chi connectivity index (χ0n) is 16.5. The van der Waals surface area contributed by atoms with Crippen LogP contribution in [-0.4, -0.2) is 22.0 Å². The molecule has 1 heterocycles. The summed E-state index contributed by atoms with van der Waals surface area (Å²) in [6.45, 7) is 0.149. The molecule has 1 aliphatic heterocycles. The Morgan fingerprint density at radius 1 is 1.03 bits per heavy atom. The number of carbonyl (C=O) groups is 3. The fourth-order valence-electron chi connectivity index (χ4n) is 3.06. The summed E-state index contributed by atoms with van der Waals surface area (Å²) in [5, 5.41) is 0.198. The van der Waals surface area contributed by atoms with Gasteiger partial charge in [0.15, 0.2) is 0 Å². The van der Waals surface area contributed by atoms with Crippen molar-refractivity contribution >= 4 is 69.1 Å². The van der Waals surface area contributed by atoms with Crippen LogP contribution in [0.15, 0.2) is 77.7 Å². The smallest absolute Gasteiger partial charge is 0.344 e. The Labute approximate surface area is 207 Å². The predicted octanol–water partition coefficient (Wildman–Crippen LogP) is 6.40. The Bertz CT molecular complexity index is 1260. The van der Waals surface area contributed by atoms with E-state index in [0.29, 0.717) is 26.8 Å². The van der Waals surface area contributed by atoms with Gasteiger partial charge in [-0.15, -0.1) is 0 Å². The van der Waals surface area contributed by atoms with Gasteiger partial charge in [0, 0.05) is 8.59 Å². The molecule has 4 rings (SSSR count). The number of amides is 2. The largest absolute Gasteiger partial charge is 0.423 e. The van der Waals surface area contributed by atoms with Crippen molar-refractivity contribution in [2.45, 2.75) is 6.54 Å². The van der Waals surface area contributed by atoms with E-state index in [1.165, 1.54) is 4.90 Å². The van der Waals surface area contributed by atoms with Crippen molar-refractivity contribution in [1.82, 2.24) is 4.90 Å². The molecule has 5 nitrogen and oxygen atoms in total. The molecule has 8 heteroatoms. The number of imide groups is 1. The topological polar surface area (TPSA) is 63.7 Å². The van der Waals surface area contributed by atoms with Crippen molar-refractivity contribution < 1.29 is 19.1 Å². The molecule has 0 N–H and O–H groups in total. The lowest BCUT2D eigenvalue weighted by atomic mass is 10.2. The van der Waals surface area contributed by atoms with E-state index in [0.717, 1.165) is 20.9 Å². The van der Waals surface area contributed by atoms with E-state index < -0.39 is 5.97 Å². The van der Waals surface area contributed by atoms with Gasteiger partial charge in [0.2, 0.25) is 0 Å². The average molecular weight is 576 g/mol. The highest BCUT2D eigenvalue weighted by atomic mass is 127. The van der Waals surface area contributed by atoms with Crippen LogP contribution in [0.3, 0.4) is 0 Å². The number of esters is 1. The summed E-state index contributed by atoms with van der Waals surface area (Å²) in [7, 11) is 0. The first-order valence-corrected chi connectivity index (χ1v) is 11.7. The number of halogens is 2.